The molecule has 2 N–H and O–H groups in total. The maximum absolute atomic E-state index is 12.4. The second-order valence-electron chi connectivity index (χ2n) is 4.85. The summed E-state index contributed by atoms with van der Waals surface area (Å²) in [5.74, 6) is 0.269. The Hall–Kier alpha value is -2.79. The molecule has 0 spiro atoms. The molecule has 2 aromatic carbocycles. The largest absolute Gasteiger partial charge is 0.497 e. The number of fused-ring (bicyclic) bond motifs is 1. The highest BCUT2D eigenvalue weighted by atomic mass is 35.5. The molecule has 0 aliphatic rings. The lowest BCUT2D eigenvalue weighted by atomic mass is 10.1. The molecule has 0 saturated heterocycles. The number of rotatable bonds is 3. The summed E-state index contributed by atoms with van der Waals surface area (Å²) in [4.78, 5) is 12.4. The van der Waals surface area contributed by atoms with E-state index >= 15 is 0 Å². The van der Waals surface area contributed by atoms with Crippen molar-refractivity contribution in [3.8, 4) is 5.75 Å². The van der Waals surface area contributed by atoms with Crippen molar-refractivity contribution in [1.29, 1.82) is 5.41 Å². The topological polar surface area (TPSA) is 75.3 Å². The Morgan fingerprint density at radius 3 is 2.61 bits per heavy atom. The SMILES string of the molecule is COc1ccc(NC(=O)c2cc3cc(Cl)ccc3oc2=N)cc1. The summed E-state index contributed by atoms with van der Waals surface area (Å²) >= 11 is 5.95. The third-order valence-electron chi connectivity index (χ3n) is 3.32. The van der Waals surface area contributed by atoms with Gasteiger partial charge in [-0.05, 0) is 48.5 Å². The minimum atomic E-state index is -0.425. The lowest BCUT2D eigenvalue weighted by molar-refractivity contribution is 0.102. The molecule has 1 aromatic heterocycles. The molecule has 3 rings (SSSR count). The number of amides is 1. The van der Waals surface area contributed by atoms with Crippen LogP contribution in [0.3, 0.4) is 0 Å². The lowest BCUT2D eigenvalue weighted by Crippen LogP contribution is -2.20. The Morgan fingerprint density at radius 2 is 1.91 bits per heavy atom. The monoisotopic (exact) mass is 328 g/mol. The highest BCUT2D eigenvalue weighted by Crippen LogP contribution is 2.20. The summed E-state index contributed by atoms with van der Waals surface area (Å²) in [6.45, 7) is 0. The van der Waals surface area contributed by atoms with Gasteiger partial charge in [0.05, 0.1) is 7.11 Å². The van der Waals surface area contributed by atoms with Crippen LogP contribution in [0, 0.1) is 5.41 Å². The molecule has 23 heavy (non-hydrogen) atoms. The number of carbonyl (C=O) groups is 1. The van der Waals surface area contributed by atoms with Crippen molar-refractivity contribution in [2.24, 2.45) is 0 Å². The molecule has 0 saturated carbocycles. The zero-order valence-corrected chi connectivity index (χ0v) is 13.0. The number of anilines is 1. The second kappa shape index (κ2) is 6.14. The molecule has 0 aliphatic carbocycles. The van der Waals surface area contributed by atoms with Crippen molar-refractivity contribution in [3.05, 3.63) is 64.7 Å². The Labute approximate surface area is 137 Å². The van der Waals surface area contributed by atoms with Crippen LogP contribution in [0.4, 0.5) is 5.69 Å². The van der Waals surface area contributed by atoms with Gasteiger partial charge in [-0.25, -0.2) is 0 Å². The third-order valence-corrected chi connectivity index (χ3v) is 3.56. The van der Waals surface area contributed by atoms with Crippen LogP contribution in [0.15, 0.2) is 52.9 Å². The van der Waals surface area contributed by atoms with Gasteiger partial charge in [-0.1, -0.05) is 11.6 Å². The van der Waals surface area contributed by atoms with Gasteiger partial charge in [0.2, 0.25) is 5.55 Å². The molecular formula is C17H13ClN2O3. The van der Waals surface area contributed by atoms with Gasteiger partial charge in [-0.15, -0.1) is 0 Å². The van der Waals surface area contributed by atoms with Gasteiger partial charge >= 0.3 is 0 Å². The van der Waals surface area contributed by atoms with E-state index in [1.54, 1.807) is 55.6 Å². The van der Waals surface area contributed by atoms with E-state index in [1.807, 2.05) is 0 Å². The minimum absolute atomic E-state index is 0.135. The van der Waals surface area contributed by atoms with Crippen LogP contribution in [0.25, 0.3) is 11.0 Å². The molecule has 1 heterocycles. The fourth-order valence-electron chi connectivity index (χ4n) is 2.15. The Balaban J connectivity index is 1.93. The average Bonchev–Trinajstić information content (AvgIpc) is 2.55. The zero-order chi connectivity index (χ0) is 16.4. The van der Waals surface area contributed by atoms with Crippen LogP contribution >= 0.6 is 11.6 Å². The zero-order valence-electron chi connectivity index (χ0n) is 12.2. The molecule has 0 bridgehead atoms. The molecule has 0 unspecified atom stereocenters. The van der Waals surface area contributed by atoms with Crippen molar-refractivity contribution in [3.63, 3.8) is 0 Å². The number of ether oxygens (including phenoxy) is 1. The van der Waals surface area contributed by atoms with Crippen molar-refractivity contribution in [1.82, 2.24) is 0 Å². The van der Waals surface area contributed by atoms with E-state index in [0.29, 0.717) is 27.4 Å². The smallest absolute Gasteiger partial charge is 0.261 e. The summed E-state index contributed by atoms with van der Waals surface area (Å²) in [6.07, 6.45) is 0. The number of hydrogen-bond acceptors (Lipinski definition) is 4. The molecule has 0 atom stereocenters. The summed E-state index contributed by atoms with van der Waals surface area (Å²) < 4.78 is 10.4. The van der Waals surface area contributed by atoms with Crippen molar-refractivity contribution >= 4 is 34.2 Å². The van der Waals surface area contributed by atoms with Crippen molar-refractivity contribution in [2.75, 3.05) is 12.4 Å². The van der Waals surface area contributed by atoms with Gasteiger partial charge in [0.1, 0.15) is 16.9 Å². The lowest BCUT2D eigenvalue weighted by Gasteiger charge is -2.07. The van der Waals surface area contributed by atoms with Gasteiger partial charge in [-0.2, -0.15) is 0 Å². The molecule has 116 valence electrons. The number of nitrogens with one attached hydrogen (secondary N) is 2. The fourth-order valence-corrected chi connectivity index (χ4v) is 2.33. The van der Waals surface area contributed by atoms with Crippen molar-refractivity contribution < 1.29 is 13.9 Å². The van der Waals surface area contributed by atoms with Crippen LogP contribution < -0.4 is 15.6 Å². The minimum Gasteiger partial charge on any atom is -0.497 e. The molecule has 3 aromatic rings. The standard InChI is InChI=1S/C17H13ClN2O3/c1-22-13-5-3-12(4-6-13)20-17(21)14-9-10-8-11(18)2-7-15(10)23-16(14)19/h2-9,19H,1H3,(H,20,21). The van der Waals surface area contributed by atoms with Gasteiger partial charge in [0.15, 0.2) is 0 Å². The number of methoxy groups -OCH3 is 1. The van der Waals surface area contributed by atoms with E-state index in [2.05, 4.69) is 5.32 Å². The van der Waals surface area contributed by atoms with E-state index in [9.17, 15) is 4.79 Å². The van der Waals surface area contributed by atoms with Gasteiger partial charge in [0, 0.05) is 16.1 Å². The van der Waals surface area contributed by atoms with Gasteiger partial charge in [-0.3, -0.25) is 10.2 Å². The van der Waals surface area contributed by atoms with E-state index < -0.39 is 5.91 Å². The summed E-state index contributed by atoms with van der Waals surface area (Å²) in [5, 5.41) is 11.8. The van der Waals surface area contributed by atoms with Gasteiger partial charge in [0.25, 0.3) is 5.91 Å². The Bertz CT molecular complexity index is 933. The molecule has 0 fully saturated rings. The first-order valence-corrected chi connectivity index (χ1v) is 7.18. The van der Waals surface area contributed by atoms with Crippen LogP contribution in [0.2, 0.25) is 5.02 Å². The van der Waals surface area contributed by atoms with Crippen LogP contribution in [0.1, 0.15) is 10.4 Å². The summed E-state index contributed by atoms with van der Waals surface area (Å²) in [7, 11) is 1.57. The number of carbonyl (C=O) groups excluding carboxylic acids is 1. The van der Waals surface area contributed by atoms with E-state index in [1.165, 1.54) is 0 Å². The van der Waals surface area contributed by atoms with E-state index in [4.69, 9.17) is 26.2 Å². The third kappa shape index (κ3) is 3.19. The fraction of sp³-hybridized carbons (Fsp3) is 0.0588. The molecule has 0 aliphatic heterocycles. The number of benzene rings is 2. The van der Waals surface area contributed by atoms with E-state index in [-0.39, 0.29) is 11.1 Å². The van der Waals surface area contributed by atoms with Gasteiger partial charge < -0.3 is 14.5 Å². The van der Waals surface area contributed by atoms with Crippen molar-refractivity contribution in [2.45, 2.75) is 0 Å². The predicted molar refractivity (Wildman–Crippen MR) is 88.0 cm³/mol. The predicted octanol–water partition coefficient (Wildman–Crippen LogP) is 3.83. The van der Waals surface area contributed by atoms with Crippen LogP contribution in [0.5, 0.6) is 5.75 Å². The maximum atomic E-state index is 12.4. The van der Waals surface area contributed by atoms with E-state index in [0.717, 1.165) is 0 Å². The second-order valence-corrected chi connectivity index (χ2v) is 5.29. The summed E-state index contributed by atoms with van der Waals surface area (Å²) in [6, 6.07) is 13.5. The highest BCUT2D eigenvalue weighted by molar-refractivity contribution is 6.31. The molecule has 0 radical (unpaired) electrons. The summed E-state index contributed by atoms with van der Waals surface area (Å²) in [5.41, 5.74) is 1.03. The quantitative estimate of drug-likeness (QED) is 0.767. The number of halogens is 1. The molecule has 1 amide bonds. The Kier molecular flexibility index (Phi) is 4.04. The highest BCUT2D eigenvalue weighted by Gasteiger charge is 2.12. The van der Waals surface area contributed by atoms with Crippen LogP contribution in [-0.4, -0.2) is 13.0 Å². The Morgan fingerprint density at radius 1 is 1.17 bits per heavy atom. The first kappa shape index (κ1) is 15.1. The normalized spacial score (nSPS) is 10.5. The van der Waals surface area contributed by atoms with Crippen LogP contribution in [-0.2, 0) is 0 Å². The molecule has 5 nitrogen and oxygen atoms in total. The maximum Gasteiger partial charge on any atom is 0.261 e. The first-order chi connectivity index (χ1) is 11.1. The average molecular weight is 329 g/mol. The molecule has 6 heteroatoms. The first-order valence-electron chi connectivity index (χ1n) is 6.80. The number of hydrogen-bond donors (Lipinski definition) is 2. The molecular weight excluding hydrogens is 316 g/mol.